The minimum Gasteiger partial charge on any atom is -0.354 e. The van der Waals surface area contributed by atoms with Gasteiger partial charge >= 0.3 is 0 Å². The molecule has 1 aromatic heterocycles. The summed E-state index contributed by atoms with van der Waals surface area (Å²) in [5, 5.41) is 4.88. The number of rotatable bonds is 9. The highest BCUT2D eigenvalue weighted by Crippen LogP contribution is 2.22. The Hall–Kier alpha value is -1.74. The fourth-order valence-corrected chi connectivity index (χ4v) is 4.37. The molecule has 0 aliphatic rings. The van der Waals surface area contributed by atoms with Crippen molar-refractivity contribution < 1.29 is 13.2 Å². The number of aryl methyl sites for hydroxylation is 1. The van der Waals surface area contributed by atoms with Gasteiger partial charge in [0, 0.05) is 24.4 Å². The Balaban J connectivity index is 1.80. The van der Waals surface area contributed by atoms with Crippen molar-refractivity contribution in [3.05, 3.63) is 52.2 Å². The molecule has 1 aromatic carbocycles. The molecule has 0 radical (unpaired) electrons. The zero-order valence-electron chi connectivity index (χ0n) is 15.2. The Morgan fingerprint density at radius 1 is 1.19 bits per heavy atom. The normalized spacial score (nSPS) is 12.9. The van der Waals surface area contributed by atoms with E-state index in [2.05, 4.69) is 10.0 Å². The number of carbonyl (C=O) groups excluding carboxylic acids is 1. The van der Waals surface area contributed by atoms with Crippen molar-refractivity contribution in [3.63, 3.8) is 0 Å². The first-order valence-corrected chi connectivity index (χ1v) is 10.7. The molecule has 1 heterocycles. The van der Waals surface area contributed by atoms with Gasteiger partial charge in [0.2, 0.25) is 15.9 Å². The fourth-order valence-electron chi connectivity index (χ4n) is 2.42. The molecule has 2 N–H and O–H groups in total. The summed E-state index contributed by atoms with van der Waals surface area (Å²) < 4.78 is 26.8. The van der Waals surface area contributed by atoms with Crippen molar-refractivity contribution in [2.24, 2.45) is 0 Å². The molecule has 0 fully saturated rings. The summed E-state index contributed by atoms with van der Waals surface area (Å²) in [4.78, 5) is 15.5. The number of hydrogen-bond donors (Lipinski definition) is 2. The first kappa shape index (κ1) is 20.6. The lowest BCUT2D eigenvalue weighted by atomic mass is 10.2. The van der Waals surface area contributed by atoms with E-state index in [-0.39, 0.29) is 29.8 Å². The van der Waals surface area contributed by atoms with Crippen LogP contribution in [-0.2, 0) is 14.8 Å². The van der Waals surface area contributed by atoms with Crippen LogP contribution < -0.4 is 10.0 Å². The van der Waals surface area contributed by atoms with E-state index in [1.54, 1.807) is 35.6 Å². The summed E-state index contributed by atoms with van der Waals surface area (Å²) in [5.74, 6) is -0.181. The zero-order valence-corrected chi connectivity index (χ0v) is 16.9. The van der Waals surface area contributed by atoms with Crippen LogP contribution in [0, 0.1) is 6.92 Å². The lowest BCUT2D eigenvalue weighted by molar-refractivity contribution is -0.121. The number of hydrogen-bond acceptors (Lipinski definition) is 5. The number of nitrogens with one attached hydrogen (secondary N) is 2. The fraction of sp³-hybridized carbons (Fsp3) is 0.389. The van der Waals surface area contributed by atoms with Gasteiger partial charge in [-0.05, 0) is 44.6 Å². The average molecular weight is 396 g/mol. The van der Waals surface area contributed by atoms with Crippen molar-refractivity contribution in [1.29, 1.82) is 0 Å². The van der Waals surface area contributed by atoms with Gasteiger partial charge in [0.05, 0.1) is 10.9 Å². The molecule has 0 saturated carbocycles. The molecular formula is C18H25N3O3S2. The van der Waals surface area contributed by atoms with E-state index in [0.717, 1.165) is 5.56 Å². The molecule has 2 rings (SSSR count). The summed E-state index contributed by atoms with van der Waals surface area (Å²) in [6.45, 7) is 2.44. The third kappa shape index (κ3) is 5.91. The quantitative estimate of drug-likeness (QED) is 0.682. The summed E-state index contributed by atoms with van der Waals surface area (Å²) >= 11 is 1.65. The van der Waals surface area contributed by atoms with Crippen molar-refractivity contribution in [1.82, 2.24) is 14.9 Å². The Bertz CT molecular complexity index is 801. The molecule has 0 bridgehead atoms. The topological polar surface area (TPSA) is 78.5 Å². The molecule has 1 amide bonds. The highest BCUT2D eigenvalue weighted by atomic mass is 32.2. The Labute approximate surface area is 159 Å². The van der Waals surface area contributed by atoms with Crippen molar-refractivity contribution in [2.45, 2.75) is 24.3 Å². The maximum Gasteiger partial charge on any atom is 0.240 e. The number of thiophene rings is 1. The van der Waals surface area contributed by atoms with Gasteiger partial charge in [-0.25, -0.2) is 13.1 Å². The SMILES string of the molecule is Cc1ccc(S(=O)(=O)NCCC(=O)NC[C@@H](c2cccs2)N(C)C)cc1. The largest absolute Gasteiger partial charge is 0.354 e. The molecule has 2 aromatic rings. The van der Waals surface area contributed by atoms with E-state index in [0.29, 0.717) is 6.54 Å². The number of nitrogens with zero attached hydrogens (tertiary/aromatic N) is 1. The van der Waals surface area contributed by atoms with Gasteiger partial charge in [-0.15, -0.1) is 11.3 Å². The van der Waals surface area contributed by atoms with Gasteiger partial charge in [-0.1, -0.05) is 23.8 Å². The molecular weight excluding hydrogens is 370 g/mol. The summed E-state index contributed by atoms with van der Waals surface area (Å²) in [7, 11) is 0.340. The summed E-state index contributed by atoms with van der Waals surface area (Å²) in [6.07, 6.45) is 0.0929. The van der Waals surface area contributed by atoms with Crippen LogP contribution in [0.2, 0.25) is 0 Å². The first-order valence-electron chi connectivity index (χ1n) is 8.32. The van der Waals surface area contributed by atoms with Crippen LogP contribution in [0.3, 0.4) is 0 Å². The molecule has 0 unspecified atom stereocenters. The smallest absolute Gasteiger partial charge is 0.240 e. The van der Waals surface area contributed by atoms with Crippen LogP contribution in [-0.4, -0.2) is 46.4 Å². The molecule has 142 valence electrons. The minimum atomic E-state index is -3.59. The third-order valence-corrected chi connectivity index (χ3v) is 6.41. The predicted octanol–water partition coefficient (Wildman–Crippen LogP) is 2.14. The first-order chi connectivity index (χ1) is 12.3. The lowest BCUT2D eigenvalue weighted by Gasteiger charge is -2.23. The van der Waals surface area contributed by atoms with Crippen LogP contribution in [0.1, 0.15) is 22.9 Å². The van der Waals surface area contributed by atoms with E-state index in [4.69, 9.17) is 0 Å². The van der Waals surface area contributed by atoms with Gasteiger partial charge in [-0.2, -0.15) is 0 Å². The number of likely N-dealkylation sites (N-methyl/N-ethyl adjacent to an activating group) is 1. The molecule has 1 atom stereocenters. The molecule has 0 saturated heterocycles. The Morgan fingerprint density at radius 3 is 2.46 bits per heavy atom. The van der Waals surface area contributed by atoms with E-state index in [1.165, 1.54) is 4.88 Å². The number of carbonyl (C=O) groups is 1. The summed E-state index contributed by atoms with van der Waals surface area (Å²) in [6, 6.07) is 10.7. The number of benzene rings is 1. The maximum atomic E-state index is 12.2. The van der Waals surface area contributed by atoms with Crippen LogP contribution in [0.4, 0.5) is 0 Å². The second kappa shape index (κ2) is 9.27. The molecule has 8 heteroatoms. The van der Waals surface area contributed by atoms with E-state index >= 15 is 0 Å². The number of sulfonamides is 1. The van der Waals surface area contributed by atoms with Crippen molar-refractivity contribution in [2.75, 3.05) is 27.2 Å². The molecule has 0 aliphatic carbocycles. The highest BCUT2D eigenvalue weighted by Gasteiger charge is 2.17. The Kier molecular flexibility index (Phi) is 7.33. The second-order valence-electron chi connectivity index (χ2n) is 6.26. The molecule has 6 nitrogen and oxygen atoms in total. The van der Waals surface area contributed by atoms with E-state index in [1.807, 2.05) is 43.4 Å². The van der Waals surface area contributed by atoms with Crippen LogP contribution in [0.15, 0.2) is 46.7 Å². The standard InChI is InChI=1S/C18H25N3O3S2/c1-14-6-8-15(9-7-14)26(23,24)20-11-10-18(22)19-13-16(21(2)3)17-5-4-12-25-17/h4-9,12,16,20H,10-11,13H2,1-3H3,(H,19,22)/t16-/m0/s1. The molecule has 26 heavy (non-hydrogen) atoms. The van der Waals surface area contributed by atoms with Crippen LogP contribution in [0.5, 0.6) is 0 Å². The van der Waals surface area contributed by atoms with Gasteiger partial charge in [-0.3, -0.25) is 4.79 Å². The third-order valence-electron chi connectivity index (χ3n) is 3.96. The van der Waals surface area contributed by atoms with Crippen LogP contribution >= 0.6 is 11.3 Å². The lowest BCUT2D eigenvalue weighted by Crippen LogP contribution is -2.36. The van der Waals surface area contributed by atoms with Crippen molar-refractivity contribution >= 4 is 27.3 Å². The second-order valence-corrected chi connectivity index (χ2v) is 9.01. The highest BCUT2D eigenvalue weighted by molar-refractivity contribution is 7.89. The maximum absolute atomic E-state index is 12.2. The average Bonchev–Trinajstić information content (AvgIpc) is 3.09. The summed E-state index contributed by atoms with van der Waals surface area (Å²) in [5.41, 5.74) is 0.990. The predicted molar refractivity (Wildman–Crippen MR) is 105 cm³/mol. The van der Waals surface area contributed by atoms with Gasteiger partial charge in [0.15, 0.2) is 0 Å². The van der Waals surface area contributed by atoms with Gasteiger partial charge < -0.3 is 10.2 Å². The van der Waals surface area contributed by atoms with Gasteiger partial charge in [0.25, 0.3) is 0 Å². The van der Waals surface area contributed by atoms with Crippen molar-refractivity contribution in [3.8, 4) is 0 Å². The molecule has 0 aliphatic heterocycles. The Morgan fingerprint density at radius 2 is 1.88 bits per heavy atom. The van der Waals surface area contributed by atoms with Crippen LogP contribution in [0.25, 0.3) is 0 Å². The monoisotopic (exact) mass is 395 g/mol. The van der Waals surface area contributed by atoms with E-state index in [9.17, 15) is 13.2 Å². The van der Waals surface area contributed by atoms with E-state index < -0.39 is 10.0 Å². The minimum absolute atomic E-state index is 0.0632. The molecule has 0 spiro atoms. The van der Waals surface area contributed by atoms with Gasteiger partial charge in [0.1, 0.15) is 0 Å². The number of amides is 1. The zero-order chi connectivity index (χ0) is 19.2.